The number of hydrogen-bond acceptors (Lipinski definition) is 1. The fourth-order valence-electron chi connectivity index (χ4n) is 1.30. The molecule has 0 bridgehead atoms. The van der Waals surface area contributed by atoms with E-state index in [2.05, 4.69) is 15.9 Å². The summed E-state index contributed by atoms with van der Waals surface area (Å²) in [5.41, 5.74) is 1.09. The van der Waals surface area contributed by atoms with Crippen LogP contribution < -0.4 is 0 Å². The molecule has 2 heteroatoms. The molecule has 1 aromatic rings. The maximum Gasteiger partial charge on any atom is 0.120 e. The van der Waals surface area contributed by atoms with Gasteiger partial charge in [0.25, 0.3) is 0 Å². The molecule has 0 unspecified atom stereocenters. The van der Waals surface area contributed by atoms with E-state index in [0.717, 1.165) is 10.0 Å². The predicted molar refractivity (Wildman–Crippen MR) is 47.8 cm³/mol. The lowest BCUT2D eigenvalue weighted by Gasteiger charge is -2.03. The van der Waals surface area contributed by atoms with Gasteiger partial charge in [0.2, 0.25) is 0 Å². The van der Waals surface area contributed by atoms with E-state index < -0.39 is 0 Å². The van der Waals surface area contributed by atoms with Crippen molar-refractivity contribution in [1.29, 1.82) is 0 Å². The highest BCUT2D eigenvalue weighted by molar-refractivity contribution is 9.10. The zero-order valence-electron chi connectivity index (χ0n) is 6.05. The quantitative estimate of drug-likeness (QED) is 0.760. The fourth-order valence-corrected chi connectivity index (χ4v) is 1.98. The second-order valence-corrected chi connectivity index (χ2v) is 3.80. The molecule has 1 nitrogen and oxygen atoms in total. The van der Waals surface area contributed by atoms with Gasteiger partial charge >= 0.3 is 0 Å². The highest BCUT2D eigenvalue weighted by Crippen LogP contribution is 2.46. The van der Waals surface area contributed by atoms with Gasteiger partial charge in [-0.1, -0.05) is 22.0 Å². The monoisotopic (exact) mass is 212 g/mol. The molecule has 0 heterocycles. The van der Waals surface area contributed by atoms with Crippen LogP contribution in [0.2, 0.25) is 0 Å². The molecule has 1 N–H and O–H groups in total. The van der Waals surface area contributed by atoms with E-state index in [1.165, 1.54) is 12.8 Å². The molecule has 0 saturated heterocycles. The molecule has 0 amide bonds. The molecular weight excluding hydrogens is 204 g/mol. The molecule has 11 heavy (non-hydrogen) atoms. The number of phenols is 1. The first-order valence-electron chi connectivity index (χ1n) is 3.76. The lowest BCUT2D eigenvalue weighted by Crippen LogP contribution is -1.81. The number of hydrogen-bond donors (Lipinski definition) is 1. The van der Waals surface area contributed by atoms with Crippen molar-refractivity contribution in [2.45, 2.75) is 18.8 Å². The maximum atomic E-state index is 9.47. The molecule has 2 rings (SSSR count). The van der Waals surface area contributed by atoms with Gasteiger partial charge in [-0.15, -0.1) is 0 Å². The normalized spacial score (nSPS) is 16.8. The summed E-state index contributed by atoms with van der Waals surface area (Å²) in [6.45, 7) is 0. The van der Waals surface area contributed by atoms with Crippen LogP contribution in [-0.2, 0) is 0 Å². The average Bonchev–Trinajstić information content (AvgIpc) is 2.70. The van der Waals surface area contributed by atoms with Gasteiger partial charge in [-0.05, 0) is 30.9 Å². The molecular formula is C9H9BrO. The Morgan fingerprint density at radius 2 is 2.09 bits per heavy atom. The fraction of sp³-hybridized carbons (Fsp3) is 0.333. The lowest BCUT2D eigenvalue weighted by molar-refractivity contribution is 0.468. The van der Waals surface area contributed by atoms with Crippen molar-refractivity contribution in [3.8, 4) is 5.75 Å². The van der Waals surface area contributed by atoms with Crippen molar-refractivity contribution >= 4 is 15.9 Å². The maximum absolute atomic E-state index is 9.47. The van der Waals surface area contributed by atoms with E-state index in [1.54, 1.807) is 6.07 Å². The molecule has 0 atom stereocenters. The first-order chi connectivity index (χ1) is 5.29. The smallest absolute Gasteiger partial charge is 0.120 e. The van der Waals surface area contributed by atoms with Gasteiger partial charge in [0.1, 0.15) is 5.75 Å². The molecule has 1 saturated carbocycles. The summed E-state index contributed by atoms with van der Waals surface area (Å²) < 4.78 is 1.04. The molecule has 0 aliphatic heterocycles. The summed E-state index contributed by atoms with van der Waals surface area (Å²) in [6, 6.07) is 5.58. The molecule has 0 radical (unpaired) electrons. The Balaban J connectivity index is 2.48. The van der Waals surface area contributed by atoms with Crippen LogP contribution in [0.5, 0.6) is 5.75 Å². The SMILES string of the molecule is Oc1cccc(Br)c1C1CC1. The Kier molecular flexibility index (Phi) is 1.64. The highest BCUT2D eigenvalue weighted by atomic mass is 79.9. The van der Waals surface area contributed by atoms with Gasteiger partial charge in [0.15, 0.2) is 0 Å². The van der Waals surface area contributed by atoms with Gasteiger partial charge < -0.3 is 5.11 Å². The van der Waals surface area contributed by atoms with E-state index in [1.807, 2.05) is 12.1 Å². The van der Waals surface area contributed by atoms with Crippen LogP contribution >= 0.6 is 15.9 Å². The molecule has 0 spiro atoms. The third-order valence-electron chi connectivity index (χ3n) is 2.02. The van der Waals surface area contributed by atoms with Crippen LogP contribution in [0.1, 0.15) is 24.3 Å². The highest BCUT2D eigenvalue weighted by Gasteiger charge is 2.27. The third kappa shape index (κ3) is 1.27. The van der Waals surface area contributed by atoms with Crippen molar-refractivity contribution in [2.24, 2.45) is 0 Å². The Labute approximate surface area is 74.2 Å². The Morgan fingerprint density at radius 1 is 1.36 bits per heavy atom. The Morgan fingerprint density at radius 3 is 2.64 bits per heavy atom. The second-order valence-electron chi connectivity index (χ2n) is 2.95. The lowest BCUT2D eigenvalue weighted by atomic mass is 10.1. The minimum atomic E-state index is 0.432. The summed E-state index contributed by atoms with van der Waals surface area (Å²) in [4.78, 5) is 0. The molecule has 1 aliphatic carbocycles. The van der Waals surface area contributed by atoms with Crippen LogP contribution in [0.25, 0.3) is 0 Å². The summed E-state index contributed by atoms with van der Waals surface area (Å²) in [5.74, 6) is 1.03. The minimum absolute atomic E-state index is 0.432. The van der Waals surface area contributed by atoms with Crippen molar-refractivity contribution in [3.05, 3.63) is 28.2 Å². The standard InChI is InChI=1S/C9H9BrO/c10-7-2-1-3-8(11)9(7)6-4-5-6/h1-3,6,11H,4-5H2. The number of phenolic OH excluding ortho intramolecular Hbond substituents is 1. The molecule has 1 fully saturated rings. The van der Waals surface area contributed by atoms with Crippen LogP contribution in [0.3, 0.4) is 0 Å². The molecule has 1 aliphatic rings. The second kappa shape index (κ2) is 2.52. The van der Waals surface area contributed by atoms with Crippen molar-refractivity contribution in [1.82, 2.24) is 0 Å². The molecule has 0 aromatic heterocycles. The van der Waals surface area contributed by atoms with Crippen LogP contribution in [0, 0.1) is 0 Å². The van der Waals surface area contributed by atoms with Crippen LogP contribution in [-0.4, -0.2) is 5.11 Å². The minimum Gasteiger partial charge on any atom is -0.508 e. The van der Waals surface area contributed by atoms with Gasteiger partial charge in [-0.25, -0.2) is 0 Å². The van der Waals surface area contributed by atoms with Crippen molar-refractivity contribution < 1.29 is 5.11 Å². The number of aromatic hydroxyl groups is 1. The average molecular weight is 213 g/mol. The van der Waals surface area contributed by atoms with Crippen molar-refractivity contribution in [3.63, 3.8) is 0 Å². The van der Waals surface area contributed by atoms with Gasteiger partial charge in [0, 0.05) is 10.0 Å². The zero-order valence-corrected chi connectivity index (χ0v) is 7.63. The Hall–Kier alpha value is -0.500. The number of rotatable bonds is 1. The van der Waals surface area contributed by atoms with Crippen LogP contribution in [0.15, 0.2) is 22.7 Å². The third-order valence-corrected chi connectivity index (χ3v) is 2.71. The number of benzene rings is 1. The van der Waals surface area contributed by atoms with E-state index in [9.17, 15) is 5.11 Å². The summed E-state index contributed by atoms with van der Waals surface area (Å²) >= 11 is 3.43. The van der Waals surface area contributed by atoms with E-state index in [0.29, 0.717) is 11.7 Å². The Bertz CT molecular complexity index is 259. The van der Waals surface area contributed by atoms with E-state index >= 15 is 0 Å². The van der Waals surface area contributed by atoms with E-state index in [-0.39, 0.29) is 0 Å². The van der Waals surface area contributed by atoms with Crippen molar-refractivity contribution in [2.75, 3.05) is 0 Å². The largest absolute Gasteiger partial charge is 0.508 e. The zero-order chi connectivity index (χ0) is 7.84. The van der Waals surface area contributed by atoms with Crippen LogP contribution in [0.4, 0.5) is 0 Å². The van der Waals surface area contributed by atoms with Gasteiger partial charge in [-0.3, -0.25) is 0 Å². The van der Waals surface area contributed by atoms with E-state index in [4.69, 9.17) is 0 Å². The summed E-state index contributed by atoms with van der Waals surface area (Å²) in [7, 11) is 0. The van der Waals surface area contributed by atoms with Gasteiger partial charge in [0.05, 0.1) is 0 Å². The molecule has 1 aromatic carbocycles. The number of halogens is 1. The van der Waals surface area contributed by atoms with Gasteiger partial charge in [-0.2, -0.15) is 0 Å². The topological polar surface area (TPSA) is 20.2 Å². The molecule has 58 valence electrons. The predicted octanol–water partition coefficient (Wildman–Crippen LogP) is 3.03. The summed E-state index contributed by atoms with van der Waals surface area (Å²) in [6.07, 6.45) is 2.44. The first-order valence-corrected chi connectivity index (χ1v) is 4.55. The first kappa shape index (κ1) is 7.17. The summed E-state index contributed by atoms with van der Waals surface area (Å²) in [5, 5.41) is 9.47.